The van der Waals surface area contributed by atoms with Crippen molar-refractivity contribution < 1.29 is 51.0 Å². The summed E-state index contributed by atoms with van der Waals surface area (Å²) < 4.78 is 48.1. The van der Waals surface area contributed by atoms with Gasteiger partial charge in [-0.25, -0.2) is 28.1 Å². The van der Waals surface area contributed by atoms with Gasteiger partial charge in [0.2, 0.25) is 5.60 Å². The first-order valence-electron chi connectivity index (χ1n) is 15.4. The van der Waals surface area contributed by atoms with Crippen LogP contribution in [0.5, 0.6) is 0 Å². The highest BCUT2D eigenvalue weighted by Crippen LogP contribution is 2.27. The standard InChI is InChI=1S/C30H39N9O10S2/c1-28(2,3)47-25(42)30(7,8)49-35-21(19-16-50-26(31-19)33-27(43)48-29(4,5)6)23(40)32-22-20(39(24(22)41)51(44,45)46)15-38-14-18(34-36-38)17-10-12-37(9)13-11-17/h10-14,16,20,22H,15H2,1-9H3,(H2-,31,32,33,40,43,44,45,46)/p+1/t20-,22+/m1/s1. The van der Waals surface area contributed by atoms with Crippen molar-refractivity contribution in [2.45, 2.75) is 90.8 Å². The van der Waals surface area contributed by atoms with Crippen molar-refractivity contribution in [3.05, 3.63) is 41.8 Å². The molecule has 1 aliphatic rings. The van der Waals surface area contributed by atoms with Gasteiger partial charge in [-0.05, 0) is 55.4 Å². The number of hydrogen-bond acceptors (Lipinski definition) is 14. The molecule has 1 aliphatic heterocycles. The van der Waals surface area contributed by atoms with E-state index in [2.05, 4.69) is 31.1 Å². The highest BCUT2D eigenvalue weighted by atomic mass is 32.2. The first-order valence-corrected chi connectivity index (χ1v) is 17.6. The molecule has 0 spiro atoms. The molecule has 0 unspecified atom stereocenters. The number of nitrogens with zero attached hydrogens (tertiary/aromatic N) is 7. The van der Waals surface area contributed by atoms with E-state index in [-0.39, 0.29) is 21.7 Å². The Kier molecular flexibility index (Phi) is 10.9. The van der Waals surface area contributed by atoms with Gasteiger partial charge < -0.3 is 19.6 Å². The number of β-lactam (4-membered cyclic amide) rings is 1. The number of esters is 1. The van der Waals surface area contributed by atoms with Crippen molar-refractivity contribution in [3.8, 4) is 11.3 Å². The molecule has 19 nitrogen and oxygen atoms in total. The van der Waals surface area contributed by atoms with E-state index >= 15 is 0 Å². The molecule has 3 aromatic heterocycles. The van der Waals surface area contributed by atoms with Crippen LogP contribution in [0.25, 0.3) is 11.3 Å². The molecule has 1 saturated heterocycles. The van der Waals surface area contributed by atoms with Gasteiger partial charge in [0, 0.05) is 23.1 Å². The number of anilines is 1. The molecule has 0 aliphatic carbocycles. The first kappa shape index (κ1) is 38.8. The van der Waals surface area contributed by atoms with Gasteiger partial charge in [-0.3, -0.25) is 19.5 Å². The number of amides is 3. The number of aromatic nitrogens is 5. The molecule has 2 atom stereocenters. The molecule has 3 amide bonds. The summed E-state index contributed by atoms with van der Waals surface area (Å²) in [4.78, 5) is 61.7. The Hall–Kier alpha value is -5.02. The van der Waals surface area contributed by atoms with E-state index in [1.54, 1.807) is 66.1 Å². The van der Waals surface area contributed by atoms with Gasteiger partial charge in [0.15, 0.2) is 23.2 Å². The fourth-order valence-corrected chi connectivity index (χ4v) is 5.92. The summed E-state index contributed by atoms with van der Waals surface area (Å²) in [6, 6.07) is 0.716. The van der Waals surface area contributed by atoms with Gasteiger partial charge in [-0.2, -0.15) is 8.42 Å². The predicted octanol–water partition coefficient (Wildman–Crippen LogP) is 1.61. The SMILES string of the molecule is C[n+]1ccc(-c2cn(C[C@@H]3[C@H](NC(=O)C(=NOC(C)(C)C(=O)OC(C)(C)C)c4csc(NC(=O)OC(C)(C)C)n4)C(=O)N3S(=O)(=O)O)nn2)cc1. The van der Waals surface area contributed by atoms with E-state index in [9.17, 15) is 32.1 Å². The third kappa shape index (κ3) is 10.0. The summed E-state index contributed by atoms with van der Waals surface area (Å²) in [7, 11) is -3.21. The van der Waals surface area contributed by atoms with Gasteiger partial charge in [0.1, 0.15) is 35.7 Å². The number of nitrogens with one attached hydrogen (secondary N) is 2. The lowest BCUT2D eigenvalue weighted by atomic mass is 9.98. The summed E-state index contributed by atoms with van der Waals surface area (Å²) in [5.41, 5.74) is -2.94. The Bertz CT molecular complexity index is 1940. The van der Waals surface area contributed by atoms with Crippen LogP contribution >= 0.6 is 11.3 Å². The number of oxime groups is 1. The molecule has 4 heterocycles. The van der Waals surface area contributed by atoms with Crippen LogP contribution in [-0.2, 0) is 52.6 Å². The molecule has 0 saturated carbocycles. The number of aryl methyl sites for hydroxylation is 1. The van der Waals surface area contributed by atoms with Crippen LogP contribution < -0.4 is 15.2 Å². The number of carbonyl (C=O) groups is 4. The third-order valence-corrected chi connectivity index (χ3v) is 8.42. The fraction of sp³-hybridized carbons (Fsp3) is 0.500. The lowest BCUT2D eigenvalue weighted by Crippen LogP contribution is -2.73. The fourth-order valence-electron chi connectivity index (χ4n) is 4.37. The number of pyridine rings is 1. The van der Waals surface area contributed by atoms with Gasteiger partial charge >= 0.3 is 22.4 Å². The lowest BCUT2D eigenvalue weighted by Gasteiger charge is -2.43. The average molecular weight is 751 g/mol. The van der Waals surface area contributed by atoms with E-state index in [0.29, 0.717) is 11.3 Å². The largest absolute Gasteiger partial charge is 0.457 e. The lowest BCUT2D eigenvalue weighted by molar-refractivity contribution is -0.671. The molecular formula is C30H40N9O10S2+. The maximum Gasteiger partial charge on any atom is 0.413 e. The zero-order valence-electron chi connectivity index (χ0n) is 29.4. The van der Waals surface area contributed by atoms with Gasteiger partial charge in [0.05, 0.1) is 18.8 Å². The van der Waals surface area contributed by atoms with Crippen LogP contribution in [0.2, 0.25) is 0 Å². The number of ether oxygens (including phenoxy) is 2. The van der Waals surface area contributed by atoms with Crippen LogP contribution in [0.15, 0.2) is 41.3 Å². The first-order chi connectivity index (χ1) is 23.4. The van der Waals surface area contributed by atoms with Gasteiger partial charge in [-0.1, -0.05) is 10.4 Å². The van der Waals surface area contributed by atoms with E-state index in [0.717, 1.165) is 11.3 Å². The minimum absolute atomic E-state index is 0.00968. The number of hydrogen-bond donors (Lipinski definition) is 3. The topological polar surface area (TPSA) is 237 Å². The van der Waals surface area contributed by atoms with Crippen molar-refractivity contribution in [1.82, 2.24) is 29.6 Å². The molecule has 51 heavy (non-hydrogen) atoms. The van der Waals surface area contributed by atoms with E-state index in [1.165, 1.54) is 30.1 Å². The van der Waals surface area contributed by atoms with E-state index < -0.39 is 68.8 Å². The maximum absolute atomic E-state index is 13.8. The van der Waals surface area contributed by atoms with Crippen LogP contribution in [0, 0.1) is 0 Å². The van der Waals surface area contributed by atoms with Crippen molar-refractivity contribution >= 4 is 56.4 Å². The van der Waals surface area contributed by atoms with E-state index in [4.69, 9.17) is 14.3 Å². The molecule has 21 heteroatoms. The Morgan fingerprint density at radius 2 is 1.69 bits per heavy atom. The van der Waals surface area contributed by atoms with Crippen molar-refractivity contribution in [2.75, 3.05) is 5.32 Å². The summed E-state index contributed by atoms with van der Waals surface area (Å²) >= 11 is 0.905. The zero-order chi connectivity index (χ0) is 38.1. The molecular weight excluding hydrogens is 711 g/mol. The summed E-state index contributed by atoms with van der Waals surface area (Å²) in [5, 5.41) is 18.2. The summed E-state index contributed by atoms with van der Waals surface area (Å²) in [6.45, 7) is 12.4. The second kappa shape index (κ2) is 14.3. The van der Waals surface area contributed by atoms with Crippen LogP contribution in [0.1, 0.15) is 61.1 Å². The monoisotopic (exact) mass is 750 g/mol. The summed E-state index contributed by atoms with van der Waals surface area (Å²) in [5.74, 6) is -3.02. The molecule has 0 bridgehead atoms. The Morgan fingerprint density at radius 1 is 1.06 bits per heavy atom. The van der Waals surface area contributed by atoms with Crippen LogP contribution in [0.4, 0.5) is 9.93 Å². The van der Waals surface area contributed by atoms with E-state index in [1.807, 2.05) is 11.6 Å². The highest BCUT2D eigenvalue weighted by molar-refractivity contribution is 7.84. The molecule has 3 aromatic rings. The number of carbonyl (C=O) groups excluding carboxylic acids is 4. The van der Waals surface area contributed by atoms with Crippen molar-refractivity contribution in [2.24, 2.45) is 12.2 Å². The third-order valence-electron chi connectivity index (χ3n) is 6.72. The minimum atomic E-state index is -5.05. The van der Waals surface area contributed by atoms with Gasteiger partial charge in [0.25, 0.3) is 11.8 Å². The molecule has 0 aromatic carbocycles. The smallest absolute Gasteiger partial charge is 0.413 e. The van der Waals surface area contributed by atoms with Crippen molar-refractivity contribution in [3.63, 3.8) is 0 Å². The summed E-state index contributed by atoms with van der Waals surface area (Å²) in [6.07, 6.45) is 4.27. The van der Waals surface area contributed by atoms with Gasteiger partial charge in [-0.15, -0.1) is 16.4 Å². The Morgan fingerprint density at radius 3 is 2.27 bits per heavy atom. The van der Waals surface area contributed by atoms with Crippen LogP contribution in [0.3, 0.4) is 0 Å². The van der Waals surface area contributed by atoms with Crippen LogP contribution in [-0.4, -0.2) is 95.7 Å². The van der Waals surface area contributed by atoms with Crippen molar-refractivity contribution in [1.29, 1.82) is 0 Å². The normalized spacial score (nSPS) is 17.0. The molecule has 4 rings (SSSR count). The minimum Gasteiger partial charge on any atom is -0.457 e. The zero-order valence-corrected chi connectivity index (χ0v) is 31.0. The number of rotatable bonds is 11. The molecule has 3 N–H and O–H groups in total. The second-order valence-corrected chi connectivity index (χ2v) is 16.1. The molecule has 0 radical (unpaired) electrons. The predicted molar refractivity (Wildman–Crippen MR) is 180 cm³/mol. The maximum atomic E-state index is 13.8. The quantitative estimate of drug-likeness (QED) is 0.0632. The highest BCUT2D eigenvalue weighted by Gasteiger charge is 2.54. The Labute approximate surface area is 297 Å². The Balaban J connectivity index is 1.62. The number of thiazole rings is 1. The second-order valence-electron chi connectivity index (χ2n) is 13.9. The average Bonchev–Trinajstić information content (AvgIpc) is 3.63. The molecule has 1 fully saturated rings. The molecule has 276 valence electrons.